The van der Waals surface area contributed by atoms with E-state index >= 15 is 0 Å². The Kier molecular flexibility index (Phi) is 4.50. The smallest absolute Gasteiger partial charge is 0.230 e. The summed E-state index contributed by atoms with van der Waals surface area (Å²) in [6.07, 6.45) is 7.09. The Labute approximate surface area is 172 Å². The number of piperidine rings is 2. The molecule has 1 aromatic carbocycles. The van der Waals surface area contributed by atoms with Crippen LogP contribution in [0.4, 0.5) is 5.82 Å². The summed E-state index contributed by atoms with van der Waals surface area (Å²) in [4.78, 5) is 22.2. The van der Waals surface area contributed by atoms with Crippen LogP contribution in [0.2, 0.25) is 0 Å². The topological polar surface area (TPSA) is 60.2 Å². The van der Waals surface area contributed by atoms with Gasteiger partial charge in [-0.1, -0.05) is 30.3 Å². The average molecular weight is 386 g/mol. The molecular weight excluding hydrogens is 360 g/mol. The highest BCUT2D eigenvalue weighted by molar-refractivity contribution is 5.85. The van der Waals surface area contributed by atoms with E-state index in [0.29, 0.717) is 17.5 Å². The van der Waals surface area contributed by atoms with Gasteiger partial charge in [-0.25, -0.2) is 4.98 Å². The van der Waals surface area contributed by atoms with Crippen molar-refractivity contribution < 1.29 is 4.79 Å². The average Bonchev–Trinajstić information content (AvgIpc) is 3.62. The molecule has 3 aliphatic rings. The van der Waals surface area contributed by atoms with Gasteiger partial charge < -0.3 is 9.80 Å². The number of anilines is 1. The number of nitriles is 1. The van der Waals surface area contributed by atoms with Gasteiger partial charge in [0.25, 0.3) is 0 Å². The zero-order valence-corrected chi connectivity index (χ0v) is 16.6. The van der Waals surface area contributed by atoms with E-state index in [4.69, 9.17) is 0 Å². The third-order valence-corrected chi connectivity index (χ3v) is 6.94. The molecule has 2 aliphatic heterocycles. The first kappa shape index (κ1) is 18.2. The lowest BCUT2D eigenvalue weighted by Crippen LogP contribution is -2.54. The van der Waals surface area contributed by atoms with Crippen molar-refractivity contribution in [1.82, 2.24) is 9.88 Å². The highest BCUT2D eigenvalue weighted by Gasteiger charge is 2.49. The number of pyridine rings is 1. The second kappa shape index (κ2) is 7.18. The molecule has 1 aromatic heterocycles. The van der Waals surface area contributed by atoms with Crippen molar-refractivity contribution in [2.24, 2.45) is 5.41 Å². The van der Waals surface area contributed by atoms with Crippen LogP contribution in [0.3, 0.4) is 0 Å². The second-order valence-corrected chi connectivity index (χ2v) is 8.87. The predicted molar refractivity (Wildman–Crippen MR) is 111 cm³/mol. The number of hydrogen-bond donors (Lipinski definition) is 0. The Morgan fingerprint density at radius 1 is 1.10 bits per heavy atom. The van der Waals surface area contributed by atoms with Crippen LogP contribution in [0.5, 0.6) is 0 Å². The lowest BCUT2D eigenvalue weighted by molar-refractivity contribution is -0.141. The third-order valence-electron chi connectivity index (χ3n) is 6.94. The monoisotopic (exact) mass is 386 g/mol. The van der Waals surface area contributed by atoms with Crippen LogP contribution in [-0.4, -0.2) is 41.5 Å². The standard InChI is InChI=1S/C24H26N4O/c25-16-18-8-11-26-22(14-18)27-12-9-24(10-13-27)15-21(19-4-2-1-3-5-19)23(29)28(17-24)20-6-7-20/h1-5,8,11,14,20-21H,6-7,9-10,12-13,15,17H2/t21-/m0/s1. The zero-order valence-electron chi connectivity index (χ0n) is 16.6. The summed E-state index contributed by atoms with van der Waals surface area (Å²) in [5.74, 6) is 1.21. The van der Waals surface area contributed by atoms with Gasteiger partial charge in [0.05, 0.1) is 17.6 Å². The highest BCUT2D eigenvalue weighted by Crippen LogP contribution is 2.48. The fourth-order valence-electron chi connectivity index (χ4n) is 5.10. The molecule has 2 aromatic rings. The minimum absolute atomic E-state index is 0.0165. The molecule has 0 N–H and O–H groups in total. The predicted octanol–water partition coefficient (Wildman–Crippen LogP) is 3.72. The first-order chi connectivity index (χ1) is 14.2. The number of aromatic nitrogens is 1. The minimum Gasteiger partial charge on any atom is -0.357 e. The quantitative estimate of drug-likeness (QED) is 0.807. The van der Waals surface area contributed by atoms with Crippen molar-refractivity contribution in [3.63, 3.8) is 0 Å². The molecule has 1 atom stereocenters. The van der Waals surface area contributed by atoms with E-state index in [1.54, 1.807) is 12.3 Å². The van der Waals surface area contributed by atoms with E-state index in [9.17, 15) is 10.1 Å². The van der Waals surface area contributed by atoms with E-state index in [-0.39, 0.29) is 11.3 Å². The number of nitrogens with zero attached hydrogens (tertiary/aromatic N) is 4. The Balaban J connectivity index is 1.37. The van der Waals surface area contributed by atoms with E-state index in [1.165, 1.54) is 0 Å². The first-order valence-electron chi connectivity index (χ1n) is 10.6. The Morgan fingerprint density at radius 2 is 1.86 bits per heavy atom. The van der Waals surface area contributed by atoms with Crippen LogP contribution >= 0.6 is 0 Å². The van der Waals surface area contributed by atoms with Gasteiger partial charge in [0, 0.05) is 31.9 Å². The van der Waals surface area contributed by atoms with Crippen molar-refractivity contribution in [3.05, 3.63) is 59.8 Å². The van der Waals surface area contributed by atoms with Crippen LogP contribution in [0, 0.1) is 16.7 Å². The maximum atomic E-state index is 13.3. The lowest BCUT2D eigenvalue weighted by atomic mass is 9.67. The summed E-state index contributed by atoms with van der Waals surface area (Å²) in [7, 11) is 0. The summed E-state index contributed by atoms with van der Waals surface area (Å²) in [6.45, 7) is 2.76. The Hall–Kier alpha value is -2.87. The van der Waals surface area contributed by atoms with Crippen LogP contribution < -0.4 is 4.90 Å². The molecule has 1 aliphatic carbocycles. The van der Waals surface area contributed by atoms with E-state index < -0.39 is 0 Å². The number of hydrogen-bond acceptors (Lipinski definition) is 4. The number of carbonyl (C=O) groups excluding carboxylic acids is 1. The van der Waals surface area contributed by atoms with Gasteiger partial charge >= 0.3 is 0 Å². The Morgan fingerprint density at radius 3 is 2.55 bits per heavy atom. The molecule has 1 saturated carbocycles. The van der Waals surface area contributed by atoms with Gasteiger partial charge in [-0.05, 0) is 55.2 Å². The lowest BCUT2D eigenvalue weighted by Gasteiger charge is -2.50. The SMILES string of the molecule is N#Cc1ccnc(N2CCC3(CC2)C[C@@H](c2ccccc2)C(=O)N(C2CC2)C3)c1. The molecule has 148 valence electrons. The van der Waals surface area contributed by atoms with Crippen molar-refractivity contribution in [1.29, 1.82) is 5.26 Å². The summed E-state index contributed by atoms with van der Waals surface area (Å²) < 4.78 is 0. The zero-order chi connectivity index (χ0) is 19.8. The van der Waals surface area contributed by atoms with Crippen molar-refractivity contribution in [2.45, 2.75) is 44.1 Å². The molecule has 5 rings (SSSR count). The molecule has 5 nitrogen and oxygen atoms in total. The maximum absolute atomic E-state index is 13.3. The molecule has 3 fully saturated rings. The third kappa shape index (κ3) is 3.48. The summed E-state index contributed by atoms with van der Waals surface area (Å²) in [5, 5.41) is 9.17. The molecule has 29 heavy (non-hydrogen) atoms. The molecule has 0 radical (unpaired) electrons. The van der Waals surface area contributed by atoms with Crippen molar-refractivity contribution in [3.8, 4) is 6.07 Å². The van der Waals surface area contributed by atoms with Gasteiger partial charge in [0.2, 0.25) is 5.91 Å². The van der Waals surface area contributed by atoms with Gasteiger partial charge in [-0.3, -0.25) is 4.79 Å². The number of rotatable bonds is 3. The Bertz CT molecular complexity index is 939. The summed E-state index contributed by atoms with van der Waals surface area (Å²) in [6, 6.07) is 16.6. The van der Waals surface area contributed by atoms with Gasteiger partial charge in [-0.15, -0.1) is 0 Å². The van der Waals surface area contributed by atoms with Crippen LogP contribution in [0.1, 0.15) is 49.1 Å². The molecule has 1 spiro atoms. The number of carbonyl (C=O) groups is 1. The molecule has 2 saturated heterocycles. The van der Waals surface area contributed by atoms with Crippen molar-refractivity contribution in [2.75, 3.05) is 24.5 Å². The fraction of sp³-hybridized carbons (Fsp3) is 0.458. The maximum Gasteiger partial charge on any atom is 0.230 e. The van der Waals surface area contributed by atoms with Crippen molar-refractivity contribution >= 4 is 11.7 Å². The van der Waals surface area contributed by atoms with Crippen LogP contribution in [0.25, 0.3) is 0 Å². The number of amides is 1. The van der Waals surface area contributed by atoms with Gasteiger partial charge in [0.15, 0.2) is 0 Å². The summed E-state index contributed by atoms with van der Waals surface area (Å²) >= 11 is 0. The molecule has 0 bridgehead atoms. The fourth-order valence-corrected chi connectivity index (χ4v) is 5.10. The molecule has 1 amide bonds. The first-order valence-corrected chi connectivity index (χ1v) is 10.6. The van der Waals surface area contributed by atoms with E-state index in [0.717, 1.165) is 63.1 Å². The van der Waals surface area contributed by atoms with Gasteiger partial charge in [-0.2, -0.15) is 5.26 Å². The molecule has 0 unspecified atom stereocenters. The summed E-state index contributed by atoms with van der Waals surface area (Å²) in [5.41, 5.74) is 2.00. The number of likely N-dealkylation sites (tertiary alicyclic amines) is 1. The largest absolute Gasteiger partial charge is 0.357 e. The van der Waals surface area contributed by atoms with E-state index in [1.807, 2.05) is 24.3 Å². The van der Waals surface area contributed by atoms with Crippen LogP contribution in [-0.2, 0) is 4.79 Å². The number of benzene rings is 1. The molecule has 3 heterocycles. The second-order valence-electron chi connectivity index (χ2n) is 8.87. The highest BCUT2D eigenvalue weighted by atomic mass is 16.2. The van der Waals surface area contributed by atoms with E-state index in [2.05, 4.69) is 33.0 Å². The van der Waals surface area contributed by atoms with Crippen LogP contribution in [0.15, 0.2) is 48.7 Å². The normalized spacial score (nSPS) is 23.8. The van der Waals surface area contributed by atoms with Gasteiger partial charge in [0.1, 0.15) is 5.82 Å². The molecular formula is C24H26N4O. The minimum atomic E-state index is -0.0165. The molecule has 5 heteroatoms.